The van der Waals surface area contributed by atoms with E-state index in [1.54, 1.807) is 29.4 Å². The zero-order chi connectivity index (χ0) is 23.8. The third kappa shape index (κ3) is 3.01. The number of nitrogens with zero attached hydrogens (tertiary/aromatic N) is 4. The Morgan fingerprint density at radius 2 is 2.03 bits per heavy atom. The van der Waals surface area contributed by atoms with E-state index in [1.165, 1.54) is 6.07 Å². The van der Waals surface area contributed by atoms with E-state index in [2.05, 4.69) is 9.97 Å². The molecule has 6 rings (SSSR count). The SMILES string of the molecule is Cc1ncn2c1c(N)nc1ccc(C(=O)N3CCC[C@@H]4Oc5cc(C(F)(F)F)ccc5[C@@H]43)cc12. The van der Waals surface area contributed by atoms with E-state index in [0.717, 1.165) is 17.8 Å². The summed E-state index contributed by atoms with van der Waals surface area (Å²) in [4.78, 5) is 24.1. The van der Waals surface area contributed by atoms with Crippen LogP contribution in [0, 0.1) is 6.92 Å². The smallest absolute Gasteiger partial charge is 0.416 e. The molecule has 0 bridgehead atoms. The van der Waals surface area contributed by atoms with Crippen LogP contribution in [0.3, 0.4) is 0 Å². The Kier molecular flexibility index (Phi) is 4.33. The molecule has 4 heterocycles. The highest BCUT2D eigenvalue weighted by Gasteiger charge is 2.44. The number of ether oxygens (including phenoxy) is 1. The van der Waals surface area contributed by atoms with Crippen molar-refractivity contribution in [3.63, 3.8) is 0 Å². The summed E-state index contributed by atoms with van der Waals surface area (Å²) in [5.74, 6) is 0.339. The number of hydrogen-bond donors (Lipinski definition) is 1. The summed E-state index contributed by atoms with van der Waals surface area (Å²) in [6.45, 7) is 2.32. The van der Waals surface area contributed by atoms with Crippen LogP contribution in [0.2, 0.25) is 0 Å². The number of fused-ring (bicyclic) bond motifs is 6. The third-order valence-corrected chi connectivity index (χ3v) is 6.69. The number of benzene rings is 2. The van der Waals surface area contributed by atoms with Crippen molar-refractivity contribution >= 4 is 28.3 Å². The summed E-state index contributed by atoms with van der Waals surface area (Å²) in [6.07, 6.45) is -1.82. The number of aromatic nitrogens is 3. The fraction of sp³-hybridized carbons (Fsp3) is 0.292. The van der Waals surface area contributed by atoms with E-state index in [0.29, 0.717) is 52.9 Å². The topological polar surface area (TPSA) is 85.8 Å². The summed E-state index contributed by atoms with van der Waals surface area (Å²) in [6, 6.07) is 8.26. The predicted octanol–water partition coefficient (Wildman–Crippen LogP) is 4.53. The highest BCUT2D eigenvalue weighted by molar-refractivity contribution is 5.98. The van der Waals surface area contributed by atoms with Gasteiger partial charge in [0.15, 0.2) is 0 Å². The number of alkyl halides is 3. The van der Waals surface area contributed by atoms with E-state index in [1.807, 2.05) is 11.3 Å². The lowest BCUT2D eigenvalue weighted by molar-refractivity contribution is -0.137. The lowest BCUT2D eigenvalue weighted by atomic mass is 9.93. The molecule has 10 heteroatoms. The number of rotatable bonds is 1. The molecule has 1 fully saturated rings. The van der Waals surface area contributed by atoms with Crippen LogP contribution in [-0.4, -0.2) is 37.8 Å². The fourth-order valence-corrected chi connectivity index (χ4v) is 5.12. The molecule has 2 aliphatic heterocycles. The van der Waals surface area contributed by atoms with Gasteiger partial charge in [0.25, 0.3) is 5.91 Å². The van der Waals surface area contributed by atoms with Crippen molar-refractivity contribution in [1.29, 1.82) is 0 Å². The Bertz CT molecular complexity index is 1480. The predicted molar refractivity (Wildman–Crippen MR) is 119 cm³/mol. The van der Waals surface area contributed by atoms with Crippen LogP contribution in [0.4, 0.5) is 19.0 Å². The average Bonchev–Trinajstić information content (AvgIpc) is 3.38. The van der Waals surface area contributed by atoms with Crippen LogP contribution in [0.25, 0.3) is 16.6 Å². The van der Waals surface area contributed by atoms with Crippen molar-refractivity contribution < 1.29 is 22.7 Å². The molecule has 0 unspecified atom stereocenters. The lowest BCUT2D eigenvalue weighted by Gasteiger charge is -2.36. The van der Waals surface area contributed by atoms with Crippen LogP contribution in [0.15, 0.2) is 42.7 Å². The molecule has 7 nitrogen and oxygen atoms in total. The normalized spacial score (nSPS) is 19.8. The number of nitrogens with two attached hydrogens (primary N) is 1. The van der Waals surface area contributed by atoms with Crippen molar-refractivity contribution in [2.24, 2.45) is 0 Å². The molecule has 34 heavy (non-hydrogen) atoms. The summed E-state index contributed by atoms with van der Waals surface area (Å²) in [5.41, 5.74) is 9.14. The molecule has 1 amide bonds. The van der Waals surface area contributed by atoms with Crippen LogP contribution in [0.1, 0.15) is 46.1 Å². The Morgan fingerprint density at radius 1 is 1.21 bits per heavy atom. The van der Waals surface area contributed by atoms with Gasteiger partial charge >= 0.3 is 6.18 Å². The molecular formula is C24H20F3N5O2. The molecule has 0 spiro atoms. The van der Waals surface area contributed by atoms with Crippen LogP contribution < -0.4 is 10.5 Å². The fourth-order valence-electron chi connectivity index (χ4n) is 5.12. The molecule has 2 atom stereocenters. The van der Waals surface area contributed by atoms with Gasteiger partial charge in [-0.1, -0.05) is 6.07 Å². The van der Waals surface area contributed by atoms with Crippen molar-refractivity contribution in [3.8, 4) is 5.75 Å². The number of hydrogen-bond acceptors (Lipinski definition) is 5. The zero-order valence-corrected chi connectivity index (χ0v) is 18.1. The van der Waals surface area contributed by atoms with E-state index in [-0.39, 0.29) is 17.8 Å². The monoisotopic (exact) mass is 467 g/mol. The van der Waals surface area contributed by atoms with Crippen molar-refractivity contribution in [1.82, 2.24) is 19.3 Å². The number of piperidine rings is 1. The molecule has 0 saturated carbocycles. The number of carbonyl (C=O) groups is 1. The first-order valence-electron chi connectivity index (χ1n) is 10.9. The van der Waals surface area contributed by atoms with Crippen LogP contribution >= 0.6 is 0 Å². The number of carbonyl (C=O) groups excluding carboxylic acids is 1. The lowest BCUT2D eigenvalue weighted by Crippen LogP contribution is -2.44. The largest absolute Gasteiger partial charge is 0.488 e. The van der Waals surface area contributed by atoms with Gasteiger partial charge in [0.1, 0.15) is 29.5 Å². The first kappa shape index (κ1) is 20.8. The summed E-state index contributed by atoms with van der Waals surface area (Å²) < 4.78 is 47.2. The first-order chi connectivity index (χ1) is 16.2. The molecule has 2 aromatic heterocycles. The van der Waals surface area contributed by atoms with Gasteiger partial charge in [-0.05, 0) is 50.1 Å². The second-order valence-electron chi connectivity index (χ2n) is 8.74. The molecule has 2 aromatic carbocycles. The minimum absolute atomic E-state index is 0.193. The maximum atomic E-state index is 13.7. The van der Waals surface area contributed by atoms with Gasteiger partial charge in [0.05, 0.1) is 28.3 Å². The molecule has 2 N–H and O–H groups in total. The number of amides is 1. The average molecular weight is 467 g/mol. The van der Waals surface area contributed by atoms with E-state index < -0.39 is 17.8 Å². The standard InChI is InChI=1S/C24H20F3N5O2/c1-12-20-22(28)30-16-7-4-13(9-17(16)32(20)11-29-12)23(33)31-8-2-3-18-21(31)15-6-5-14(24(25,26)27)10-19(15)34-18/h4-7,9-11,18,21H,2-3,8H2,1H3,(H2,28,30)/t18-,21-/m0/s1. The summed E-state index contributed by atoms with van der Waals surface area (Å²) in [5, 5.41) is 0. The minimum atomic E-state index is -4.46. The Labute approximate surface area is 192 Å². The number of nitrogen functional groups attached to an aromatic ring is 1. The van der Waals surface area contributed by atoms with Crippen LogP contribution in [-0.2, 0) is 6.18 Å². The Hall–Kier alpha value is -3.82. The Balaban J connectivity index is 1.40. The van der Waals surface area contributed by atoms with Gasteiger partial charge in [-0.3, -0.25) is 9.20 Å². The number of imidazole rings is 1. The molecule has 1 saturated heterocycles. The molecule has 0 radical (unpaired) electrons. The third-order valence-electron chi connectivity index (χ3n) is 6.69. The van der Waals surface area contributed by atoms with Gasteiger partial charge < -0.3 is 15.4 Å². The van der Waals surface area contributed by atoms with Gasteiger partial charge in [-0.15, -0.1) is 0 Å². The Morgan fingerprint density at radius 3 is 2.82 bits per heavy atom. The maximum absolute atomic E-state index is 13.7. The zero-order valence-electron chi connectivity index (χ0n) is 18.1. The highest BCUT2D eigenvalue weighted by Crippen LogP contribution is 2.46. The summed E-state index contributed by atoms with van der Waals surface area (Å²) >= 11 is 0. The quantitative estimate of drug-likeness (QED) is 0.445. The molecule has 0 aliphatic carbocycles. The summed E-state index contributed by atoms with van der Waals surface area (Å²) in [7, 11) is 0. The molecule has 4 aromatic rings. The van der Waals surface area contributed by atoms with Crippen molar-refractivity contribution in [2.75, 3.05) is 12.3 Å². The van der Waals surface area contributed by atoms with Crippen LogP contribution in [0.5, 0.6) is 5.75 Å². The second kappa shape index (κ2) is 7.09. The number of aryl methyl sites for hydroxylation is 1. The molecular weight excluding hydrogens is 447 g/mol. The van der Waals surface area contributed by atoms with E-state index >= 15 is 0 Å². The van der Waals surface area contributed by atoms with Gasteiger partial charge in [-0.25, -0.2) is 9.97 Å². The second-order valence-corrected chi connectivity index (χ2v) is 8.74. The van der Waals surface area contributed by atoms with Gasteiger partial charge in [-0.2, -0.15) is 13.2 Å². The van der Waals surface area contributed by atoms with Crippen molar-refractivity contribution in [2.45, 2.75) is 38.1 Å². The number of likely N-dealkylation sites (tertiary alicyclic amines) is 1. The highest BCUT2D eigenvalue weighted by atomic mass is 19.4. The van der Waals surface area contributed by atoms with E-state index in [9.17, 15) is 18.0 Å². The number of halogens is 3. The maximum Gasteiger partial charge on any atom is 0.416 e. The van der Waals surface area contributed by atoms with Gasteiger partial charge in [0.2, 0.25) is 0 Å². The van der Waals surface area contributed by atoms with E-state index in [4.69, 9.17) is 10.5 Å². The number of anilines is 1. The van der Waals surface area contributed by atoms with Gasteiger partial charge in [0, 0.05) is 17.7 Å². The molecule has 2 aliphatic rings. The first-order valence-corrected chi connectivity index (χ1v) is 10.9. The molecule has 174 valence electrons. The minimum Gasteiger partial charge on any atom is -0.488 e. The van der Waals surface area contributed by atoms with Crippen molar-refractivity contribution in [3.05, 3.63) is 65.1 Å².